The number of halogens is 9. The molecule has 0 aromatic heterocycles. The minimum Gasteiger partial charge on any atom is -0.371 e. The van der Waals surface area contributed by atoms with Crippen molar-refractivity contribution < 1.29 is 68.2 Å². The van der Waals surface area contributed by atoms with Crippen LogP contribution in [0.4, 0.5) is 39.5 Å². The smallest absolute Gasteiger partial charge is 0.371 e. The molecule has 4 aromatic carbocycles. The molecule has 2 spiro atoms. The van der Waals surface area contributed by atoms with Crippen LogP contribution in [-0.2, 0) is 58.3 Å². The number of carbonyl (C=O) groups excluding carboxylic acids is 4. The van der Waals surface area contributed by atoms with Crippen LogP contribution in [0.2, 0.25) is 0 Å². The molecular formula is C55H62F9N5O6. The largest absolute Gasteiger partial charge is 0.416 e. The fourth-order valence-electron chi connectivity index (χ4n) is 11.0. The van der Waals surface area contributed by atoms with Crippen molar-refractivity contribution in [3.05, 3.63) is 142 Å². The van der Waals surface area contributed by atoms with Crippen LogP contribution < -0.4 is 16.4 Å². The zero-order valence-corrected chi connectivity index (χ0v) is 42.1. The molecule has 4 N–H and O–H groups in total. The fraction of sp³-hybridized carbons (Fsp3) is 0.491. The maximum Gasteiger partial charge on any atom is 0.416 e. The van der Waals surface area contributed by atoms with Crippen LogP contribution in [0.3, 0.4) is 0 Å². The Morgan fingerprint density at radius 3 is 1.33 bits per heavy atom. The molecule has 4 aromatic rings. The highest BCUT2D eigenvalue weighted by Gasteiger charge is 2.55. The van der Waals surface area contributed by atoms with Gasteiger partial charge in [0.15, 0.2) is 0 Å². The number of benzene rings is 4. The summed E-state index contributed by atoms with van der Waals surface area (Å²) in [5, 5.41) is 6.08. The van der Waals surface area contributed by atoms with Gasteiger partial charge < -0.3 is 35.6 Å². The van der Waals surface area contributed by atoms with Crippen molar-refractivity contribution in [2.75, 3.05) is 32.8 Å². The van der Waals surface area contributed by atoms with Gasteiger partial charge in [0.2, 0.25) is 23.6 Å². The summed E-state index contributed by atoms with van der Waals surface area (Å²) in [7, 11) is 0. The lowest BCUT2D eigenvalue weighted by Crippen LogP contribution is -2.65. The molecule has 4 saturated heterocycles. The Morgan fingerprint density at radius 1 is 0.587 bits per heavy atom. The van der Waals surface area contributed by atoms with Crippen molar-refractivity contribution in [3.63, 3.8) is 0 Å². The Morgan fingerprint density at radius 2 is 0.973 bits per heavy atom. The lowest BCUT2D eigenvalue weighted by molar-refractivity contribution is -0.151. The van der Waals surface area contributed by atoms with E-state index in [1.165, 1.54) is 11.8 Å². The van der Waals surface area contributed by atoms with E-state index in [0.717, 1.165) is 17.7 Å². The number of hydrogen-bond donors (Lipinski definition) is 3. The summed E-state index contributed by atoms with van der Waals surface area (Å²) in [5.41, 5.74) is 1.41. The molecule has 0 radical (unpaired) electrons. The van der Waals surface area contributed by atoms with Gasteiger partial charge in [0, 0.05) is 32.4 Å². The maximum atomic E-state index is 13.4. The van der Waals surface area contributed by atoms with Gasteiger partial charge in [0.1, 0.15) is 0 Å². The van der Waals surface area contributed by atoms with Crippen molar-refractivity contribution in [1.29, 1.82) is 0 Å². The second-order valence-electron chi connectivity index (χ2n) is 20.3. The standard InChI is InChI=1S/C28H33F3N2O3.C27H29F6N3O3/c1-4-25(35)33-17-26(11-10-24(34)32-26)12-13-27(33,22-8-6-5-7-9-22)18-36-20(3)21-14-19(2)15-23(16-21)28(29,30)31;1-17(18-11-20(26(28,29)30)13-21(12-18)27(31,32)33)39-16-25(19-5-3-2-4-6-19)10-9-24(8-7-22(37)35-24)15-36(25)23(38)14-34/h5-9,14-16,20H,4,10-13,17-18H2,1-3H3,(H,32,34);2-6,11-13,17H,7-10,14-16,34H2,1H3,(H,35,37)/t20-,26-,27-;17-,24-,25-/m11/s1. The Balaban J connectivity index is 0.000000219. The molecule has 0 bridgehead atoms. The number of hydrogen-bond acceptors (Lipinski definition) is 7. The molecule has 0 aliphatic carbocycles. The van der Waals surface area contributed by atoms with Gasteiger partial charge in [-0.15, -0.1) is 0 Å². The summed E-state index contributed by atoms with van der Waals surface area (Å²) in [5.74, 6) is -0.604. The quantitative estimate of drug-likeness (QED) is 0.120. The molecule has 0 unspecified atom stereocenters. The van der Waals surface area contributed by atoms with E-state index in [0.29, 0.717) is 93.2 Å². The van der Waals surface area contributed by atoms with Crippen LogP contribution in [0.1, 0.15) is 135 Å². The molecule has 4 aliphatic heterocycles. The highest BCUT2D eigenvalue weighted by Crippen LogP contribution is 2.47. The van der Waals surface area contributed by atoms with Crippen molar-refractivity contribution in [2.24, 2.45) is 5.73 Å². The molecule has 0 saturated carbocycles. The van der Waals surface area contributed by atoms with Gasteiger partial charge in [-0.2, -0.15) is 39.5 Å². The number of likely N-dealkylation sites (tertiary alicyclic amines) is 2. The number of carbonyl (C=O) groups is 4. The van der Waals surface area contributed by atoms with Crippen LogP contribution in [0, 0.1) is 6.92 Å². The number of aryl methyl sites for hydroxylation is 1. The Bertz CT molecular complexity index is 2670. The number of nitrogens with one attached hydrogen (secondary N) is 2. The third-order valence-corrected chi connectivity index (χ3v) is 15.3. The predicted octanol–water partition coefficient (Wildman–Crippen LogP) is 10.6. The van der Waals surface area contributed by atoms with E-state index < -0.39 is 75.5 Å². The minimum atomic E-state index is -4.99. The van der Waals surface area contributed by atoms with E-state index in [2.05, 4.69) is 10.6 Å². The molecule has 4 amide bonds. The molecule has 4 heterocycles. The van der Waals surface area contributed by atoms with Gasteiger partial charge in [-0.25, -0.2) is 0 Å². The molecular weight excluding hydrogens is 998 g/mol. The number of amides is 4. The second-order valence-corrected chi connectivity index (χ2v) is 20.3. The van der Waals surface area contributed by atoms with Gasteiger partial charge in [-0.3, -0.25) is 19.2 Å². The number of piperidine rings is 2. The van der Waals surface area contributed by atoms with Crippen molar-refractivity contribution in [2.45, 2.75) is 138 Å². The zero-order valence-electron chi connectivity index (χ0n) is 42.1. The number of nitrogens with zero attached hydrogens (tertiary/aromatic N) is 2. The summed E-state index contributed by atoms with van der Waals surface area (Å²) < 4.78 is 133. The number of rotatable bonds is 12. The van der Waals surface area contributed by atoms with Crippen LogP contribution in [0.15, 0.2) is 97.1 Å². The van der Waals surface area contributed by atoms with E-state index in [4.69, 9.17) is 15.2 Å². The van der Waals surface area contributed by atoms with Crippen LogP contribution in [0.25, 0.3) is 0 Å². The van der Waals surface area contributed by atoms with E-state index >= 15 is 0 Å². The molecule has 4 aliphatic rings. The van der Waals surface area contributed by atoms with Crippen LogP contribution in [-0.4, -0.2) is 77.4 Å². The van der Waals surface area contributed by atoms with Crippen LogP contribution >= 0.6 is 0 Å². The monoisotopic (exact) mass is 1060 g/mol. The van der Waals surface area contributed by atoms with E-state index in [1.807, 2.05) is 42.2 Å². The van der Waals surface area contributed by atoms with Gasteiger partial charge in [-0.05, 0) is 112 Å². The van der Waals surface area contributed by atoms with Gasteiger partial charge in [0.05, 0.1) is 70.8 Å². The lowest BCUT2D eigenvalue weighted by Gasteiger charge is -2.53. The van der Waals surface area contributed by atoms with Gasteiger partial charge >= 0.3 is 18.5 Å². The molecule has 8 rings (SSSR count). The summed E-state index contributed by atoms with van der Waals surface area (Å²) in [4.78, 5) is 54.0. The average Bonchev–Trinajstić information content (AvgIpc) is 3.94. The Labute approximate surface area is 429 Å². The summed E-state index contributed by atoms with van der Waals surface area (Å²) >= 11 is 0. The molecule has 75 heavy (non-hydrogen) atoms. The Kier molecular flexibility index (Phi) is 16.6. The third kappa shape index (κ3) is 12.5. The molecule has 6 atom stereocenters. The lowest BCUT2D eigenvalue weighted by atomic mass is 9.74. The molecule has 20 heteroatoms. The first-order valence-electron chi connectivity index (χ1n) is 24.9. The minimum absolute atomic E-state index is 0.00380. The summed E-state index contributed by atoms with van der Waals surface area (Å²) in [6.45, 7) is 6.64. The highest BCUT2D eigenvalue weighted by atomic mass is 19.4. The average molecular weight is 1060 g/mol. The first kappa shape index (κ1) is 56.7. The summed E-state index contributed by atoms with van der Waals surface area (Å²) in [6, 6.07) is 23.8. The van der Waals surface area contributed by atoms with Crippen molar-refractivity contribution in [3.8, 4) is 0 Å². The van der Waals surface area contributed by atoms with Crippen molar-refractivity contribution in [1.82, 2.24) is 20.4 Å². The fourth-order valence-corrected chi connectivity index (χ4v) is 11.0. The highest BCUT2D eigenvalue weighted by molar-refractivity contribution is 5.82. The third-order valence-electron chi connectivity index (χ3n) is 15.3. The van der Waals surface area contributed by atoms with Crippen LogP contribution in [0.5, 0.6) is 0 Å². The van der Waals surface area contributed by atoms with E-state index in [-0.39, 0.29) is 55.7 Å². The first-order chi connectivity index (χ1) is 35.2. The first-order valence-corrected chi connectivity index (χ1v) is 24.9. The Hall–Kier alpha value is -5.99. The zero-order chi connectivity index (χ0) is 54.8. The van der Waals surface area contributed by atoms with E-state index in [9.17, 15) is 58.7 Å². The molecule has 11 nitrogen and oxygen atoms in total. The molecule has 4 fully saturated rings. The van der Waals surface area contributed by atoms with E-state index in [1.54, 1.807) is 50.2 Å². The van der Waals surface area contributed by atoms with Crippen molar-refractivity contribution >= 4 is 23.6 Å². The SMILES string of the molecule is CCC(=O)N1C[C@@]2(CCC(=O)N2)CC[C@@]1(CO[C@H](C)c1cc(C)cc(C(F)(F)F)c1)c1ccccc1.C[C@@H](OC[C@@]1(c2ccccc2)CC[C@]2(CCC(=O)N2)CN1C(=O)CN)c1cc(C(F)(F)F)cc(C(F)(F)F)c1. The molecule has 406 valence electrons. The second kappa shape index (κ2) is 21.9. The number of ether oxygens (including phenoxy) is 2. The predicted molar refractivity (Wildman–Crippen MR) is 259 cm³/mol. The normalized spacial score (nSPS) is 24.9. The summed E-state index contributed by atoms with van der Waals surface area (Å²) in [6.07, 6.45) is -11.9. The topological polar surface area (TPSA) is 143 Å². The maximum absolute atomic E-state index is 13.4. The van der Waals surface area contributed by atoms with Gasteiger partial charge in [-0.1, -0.05) is 79.2 Å². The van der Waals surface area contributed by atoms with Gasteiger partial charge in [0.25, 0.3) is 0 Å². The number of nitrogens with two attached hydrogens (primary N) is 1. The number of alkyl halides is 9.